The van der Waals surface area contributed by atoms with Crippen LogP contribution in [0.5, 0.6) is 11.5 Å². The summed E-state index contributed by atoms with van der Waals surface area (Å²) >= 11 is 0. The van der Waals surface area contributed by atoms with Gasteiger partial charge in [-0.25, -0.2) is 14.4 Å². The normalized spacial score (nSPS) is 16.6. The second-order valence-electron chi connectivity index (χ2n) is 7.39. The Kier molecular flexibility index (Phi) is 4.76. The Morgan fingerprint density at radius 1 is 1.07 bits per heavy atom. The minimum Gasteiger partial charge on any atom is -0.457 e. The lowest BCUT2D eigenvalue weighted by atomic mass is 9.98. The van der Waals surface area contributed by atoms with Crippen molar-refractivity contribution in [1.82, 2.24) is 25.5 Å². The summed E-state index contributed by atoms with van der Waals surface area (Å²) < 4.78 is 19.0. The number of aromatic amines is 1. The Hall–Kier alpha value is -3.52. The maximum Gasteiger partial charge on any atom is 0.187 e. The summed E-state index contributed by atoms with van der Waals surface area (Å²) in [6.07, 6.45) is 2.14. The van der Waals surface area contributed by atoms with Crippen LogP contribution in [0.25, 0.3) is 22.3 Å². The fourth-order valence-electron chi connectivity index (χ4n) is 3.79. The number of benzene rings is 2. The van der Waals surface area contributed by atoms with Crippen molar-refractivity contribution in [3.63, 3.8) is 0 Å². The van der Waals surface area contributed by atoms with Gasteiger partial charge in [0.2, 0.25) is 0 Å². The molecule has 30 heavy (non-hydrogen) atoms. The number of nitrogens with zero attached hydrogens (tertiary/aromatic N) is 3. The van der Waals surface area contributed by atoms with Crippen LogP contribution in [0.1, 0.15) is 24.6 Å². The van der Waals surface area contributed by atoms with Crippen LogP contribution >= 0.6 is 0 Å². The molecule has 152 valence electrons. The fourth-order valence-corrected chi connectivity index (χ4v) is 3.79. The largest absolute Gasteiger partial charge is 0.457 e. The van der Waals surface area contributed by atoms with Crippen molar-refractivity contribution in [1.29, 1.82) is 0 Å². The molecule has 1 fully saturated rings. The van der Waals surface area contributed by atoms with E-state index in [-0.39, 0.29) is 11.7 Å². The summed E-state index contributed by atoms with van der Waals surface area (Å²) in [5.74, 6) is 2.12. The monoisotopic (exact) mass is 404 g/mol. The van der Waals surface area contributed by atoms with Gasteiger partial charge in [-0.1, -0.05) is 6.07 Å². The second kappa shape index (κ2) is 7.72. The third-order valence-electron chi connectivity index (χ3n) is 5.30. The van der Waals surface area contributed by atoms with Gasteiger partial charge < -0.3 is 15.8 Å². The van der Waals surface area contributed by atoms with Crippen molar-refractivity contribution >= 4 is 16.9 Å². The standard InChI is InChI=1S/C22H21FN6O/c23-15-4-1-5-17(11-15)30-16-8-6-13(7-9-16)19-18-20(24)26-21(27-22(18)29-28-19)14-3-2-10-25-12-14/h1,4-9,11,14,25H,2-3,10,12H2,(H3,24,26,27,28,29)/t14-/m1/s1. The second-order valence-corrected chi connectivity index (χ2v) is 7.39. The highest BCUT2D eigenvalue weighted by molar-refractivity contribution is 5.98. The van der Waals surface area contributed by atoms with E-state index in [0.29, 0.717) is 28.4 Å². The number of piperidine rings is 1. The molecule has 0 aliphatic carbocycles. The van der Waals surface area contributed by atoms with E-state index in [4.69, 9.17) is 10.5 Å². The van der Waals surface area contributed by atoms with Crippen LogP contribution < -0.4 is 15.8 Å². The first kappa shape index (κ1) is 18.5. The summed E-state index contributed by atoms with van der Waals surface area (Å²) in [4.78, 5) is 9.23. The average molecular weight is 404 g/mol. The number of nitrogens with one attached hydrogen (secondary N) is 2. The molecular formula is C22H21FN6O. The molecular weight excluding hydrogens is 383 g/mol. The Morgan fingerprint density at radius 3 is 2.70 bits per heavy atom. The molecule has 4 N–H and O–H groups in total. The summed E-state index contributed by atoms with van der Waals surface area (Å²) in [5, 5.41) is 11.5. The Labute approximate surface area is 172 Å². The molecule has 2 aromatic carbocycles. The maximum absolute atomic E-state index is 13.3. The summed E-state index contributed by atoms with van der Waals surface area (Å²) in [5.41, 5.74) is 8.51. The first-order valence-electron chi connectivity index (χ1n) is 9.93. The smallest absolute Gasteiger partial charge is 0.187 e. The molecule has 4 aromatic rings. The molecule has 1 aliphatic heterocycles. The zero-order valence-electron chi connectivity index (χ0n) is 16.2. The van der Waals surface area contributed by atoms with Crippen LogP contribution in [0.2, 0.25) is 0 Å². The minimum absolute atomic E-state index is 0.254. The number of ether oxygens (including phenoxy) is 1. The third kappa shape index (κ3) is 3.57. The minimum atomic E-state index is -0.341. The van der Waals surface area contributed by atoms with E-state index < -0.39 is 0 Å². The molecule has 8 heteroatoms. The van der Waals surface area contributed by atoms with Gasteiger partial charge in [0.1, 0.15) is 29.0 Å². The van der Waals surface area contributed by atoms with E-state index in [0.717, 1.165) is 43.0 Å². The van der Waals surface area contributed by atoms with Gasteiger partial charge in [-0.15, -0.1) is 0 Å². The van der Waals surface area contributed by atoms with Crippen molar-refractivity contribution in [3.8, 4) is 22.8 Å². The number of nitrogen functional groups attached to an aromatic ring is 1. The van der Waals surface area contributed by atoms with E-state index in [1.54, 1.807) is 12.1 Å². The van der Waals surface area contributed by atoms with Gasteiger partial charge in [-0.2, -0.15) is 5.10 Å². The summed E-state index contributed by atoms with van der Waals surface area (Å²) in [6, 6.07) is 13.4. The molecule has 0 saturated carbocycles. The Morgan fingerprint density at radius 2 is 1.93 bits per heavy atom. The van der Waals surface area contributed by atoms with E-state index in [2.05, 4.69) is 25.5 Å². The SMILES string of the molecule is Nc1nc([C@@H]2CCCNC2)nc2n[nH]c(-c3ccc(Oc4cccc(F)c4)cc3)c12. The molecule has 1 aliphatic rings. The van der Waals surface area contributed by atoms with E-state index in [1.807, 2.05) is 24.3 Å². The van der Waals surface area contributed by atoms with Crippen LogP contribution in [0.3, 0.4) is 0 Å². The van der Waals surface area contributed by atoms with E-state index in [9.17, 15) is 4.39 Å². The summed E-state index contributed by atoms with van der Waals surface area (Å²) in [7, 11) is 0. The lowest BCUT2D eigenvalue weighted by Gasteiger charge is -2.21. The third-order valence-corrected chi connectivity index (χ3v) is 5.30. The number of fused-ring (bicyclic) bond motifs is 1. The molecule has 0 amide bonds. The average Bonchev–Trinajstić information content (AvgIpc) is 3.20. The van der Waals surface area contributed by atoms with Crippen molar-refractivity contribution in [2.45, 2.75) is 18.8 Å². The number of hydrogen-bond donors (Lipinski definition) is 3. The number of H-pyrrole nitrogens is 1. The molecule has 5 rings (SSSR count). The van der Waals surface area contributed by atoms with Crippen LogP contribution in [0.4, 0.5) is 10.2 Å². The lowest BCUT2D eigenvalue weighted by Crippen LogP contribution is -2.29. The number of nitrogens with two attached hydrogens (primary N) is 1. The van der Waals surface area contributed by atoms with E-state index in [1.165, 1.54) is 12.1 Å². The molecule has 7 nitrogen and oxygen atoms in total. The molecule has 2 aromatic heterocycles. The zero-order chi connectivity index (χ0) is 20.5. The lowest BCUT2D eigenvalue weighted by molar-refractivity contribution is 0.447. The van der Waals surface area contributed by atoms with Crippen LogP contribution in [0.15, 0.2) is 48.5 Å². The zero-order valence-corrected chi connectivity index (χ0v) is 16.2. The topological polar surface area (TPSA) is 102 Å². The fraction of sp³-hybridized carbons (Fsp3) is 0.227. The van der Waals surface area contributed by atoms with Crippen LogP contribution in [-0.4, -0.2) is 33.3 Å². The molecule has 0 spiro atoms. The molecule has 0 radical (unpaired) electrons. The number of anilines is 1. The number of rotatable bonds is 4. The number of hydrogen-bond acceptors (Lipinski definition) is 6. The quantitative estimate of drug-likeness (QED) is 0.475. The van der Waals surface area contributed by atoms with Gasteiger partial charge in [0, 0.05) is 24.1 Å². The predicted molar refractivity (Wildman–Crippen MR) is 113 cm³/mol. The highest BCUT2D eigenvalue weighted by atomic mass is 19.1. The Bertz CT molecular complexity index is 1180. The van der Waals surface area contributed by atoms with Gasteiger partial charge in [0.05, 0.1) is 11.1 Å². The molecule has 0 unspecified atom stereocenters. The van der Waals surface area contributed by atoms with Crippen molar-refractivity contribution in [2.24, 2.45) is 0 Å². The molecule has 1 atom stereocenters. The van der Waals surface area contributed by atoms with Crippen LogP contribution in [0, 0.1) is 5.82 Å². The number of halogens is 1. The summed E-state index contributed by atoms with van der Waals surface area (Å²) in [6.45, 7) is 1.88. The van der Waals surface area contributed by atoms with E-state index >= 15 is 0 Å². The Balaban J connectivity index is 1.43. The van der Waals surface area contributed by atoms with Gasteiger partial charge in [-0.3, -0.25) is 5.10 Å². The van der Waals surface area contributed by atoms with Crippen molar-refractivity contribution in [2.75, 3.05) is 18.8 Å². The highest BCUT2D eigenvalue weighted by Crippen LogP contribution is 2.32. The first-order chi connectivity index (χ1) is 14.7. The van der Waals surface area contributed by atoms with Crippen LogP contribution in [-0.2, 0) is 0 Å². The van der Waals surface area contributed by atoms with Crippen molar-refractivity contribution in [3.05, 3.63) is 60.2 Å². The molecule has 1 saturated heterocycles. The predicted octanol–water partition coefficient (Wildman–Crippen LogP) is 4.00. The van der Waals surface area contributed by atoms with Gasteiger partial charge in [0.25, 0.3) is 0 Å². The maximum atomic E-state index is 13.3. The molecule has 3 heterocycles. The number of aromatic nitrogens is 4. The van der Waals surface area contributed by atoms with Gasteiger partial charge in [0.15, 0.2) is 5.65 Å². The van der Waals surface area contributed by atoms with Gasteiger partial charge >= 0.3 is 0 Å². The molecule has 0 bridgehead atoms. The first-order valence-corrected chi connectivity index (χ1v) is 9.93. The van der Waals surface area contributed by atoms with Gasteiger partial charge in [-0.05, 0) is 55.8 Å². The highest BCUT2D eigenvalue weighted by Gasteiger charge is 2.21. The van der Waals surface area contributed by atoms with Crippen molar-refractivity contribution < 1.29 is 9.13 Å².